The summed E-state index contributed by atoms with van der Waals surface area (Å²) < 4.78 is 0. The van der Waals surface area contributed by atoms with Crippen molar-refractivity contribution in [1.82, 2.24) is 10.2 Å². The van der Waals surface area contributed by atoms with Gasteiger partial charge in [0, 0.05) is 12.2 Å². The van der Waals surface area contributed by atoms with E-state index in [1.54, 1.807) is 0 Å². The van der Waals surface area contributed by atoms with Crippen LogP contribution >= 0.6 is 0 Å². The summed E-state index contributed by atoms with van der Waals surface area (Å²) in [5.41, 5.74) is 1.12. The second kappa shape index (κ2) is 4.03. The quantitative estimate of drug-likeness (QED) is 0.758. The molecule has 78 valence electrons. The van der Waals surface area contributed by atoms with E-state index in [4.69, 9.17) is 0 Å². The molecule has 3 unspecified atom stereocenters. The second-order valence-corrected chi connectivity index (χ2v) is 4.60. The Morgan fingerprint density at radius 1 is 1.36 bits per heavy atom. The largest absolute Gasteiger partial charge is 0.380 e. The smallest absolute Gasteiger partial charge is 0.0725 e. The lowest BCUT2D eigenvalue weighted by atomic mass is 9.79. The zero-order chi connectivity index (χ0) is 9.97. The van der Waals surface area contributed by atoms with Gasteiger partial charge in [-0.25, -0.2) is 0 Å². The van der Waals surface area contributed by atoms with Crippen LogP contribution in [0.1, 0.15) is 33.1 Å². The molecule has 0 bridgehead atoms. The summed E-state index contributed by atoms with van der Waals surface area (Å²) in [6.45, 7) is 4.71. The maximum Gasteiger partial charge on any atom is 0.0725 e. The first kappa shape index (κ1) is 9.56. The van der Waals surface area contributed by atoms with Gasteiger partial charge in [0.2, 0.25) is 0 Å². The summed E-state index contributed by atoms with van der Waals surface area (Å²) in [7, 11) is 0. The molecule has 1 aromatic rings. The molecule has 0 aromatic carbocycles. The van der Waals surface area contributed by atoms with Gasteiger partial charge in [0.1, 0.15) is 0 Å². The molecule has 1 saturated carbocycles. The molecule has 0 amide bonds. The van der Waals surface area contributed by atoms with Gasteiger partial charge in [-0.05, 0) is 31.1 Å². The van der Waals surface area contributed by atoms with E-state index in [9.17, 15) is 0 Å². The van der Waals surface area contributed by atoms with Crippen LogP contribution in [0.2, 0.25) is 0 Å². The summed E-state index contributed by atoms with van der Waals surface area (Å²) in [4.78, 5) is 0. The molecular weight excluding hydrogens is 174 g/mol. The van der Waals surface area contributed by atoms with Crippen LogP contribution in [-0.2, 0) is 0 Å². The Labute approximate surface area is 85.3 Å². The fourth-order valence-corrected chi connectivity index (χ4v) is 2.24. The van der Waals surface area contributed by atoms with Crippen LogP contribution in [0.25, 0.3) is 0 Å². The molecule has 1 aliphatic carbocycles. The number of hydrogen-bond donors (Lipinski definition) is 2. The molecule has 1 aromatic heterocycles. The number of H-pyrrole nitrogens is 1. The van der Waals surface area contributed by atoms with Gasteiger partial charge in [0.15, 0.2) is 0 Å². The zero-order valence-electron chi connectivity index (χ0n) is 8.96. The molecule has 1 fully saturated rings. The van der Waals surface area contributed by atoms with Gasteiger partial charge in [-0.15, -0.1) is 0 Å². The first-order chi connectivity index (χ1) is 6.75. The summed E-state index contributed by atoms with van der Waals surface area (Å²) >= 11 is 0. The topological polar surface area (TPSA) is 40.7 Å². The van der Waals surface area contributed by atoms with E-state index < -0.39 is 0 Å². The van der Waals surface area contributed by atoms with Gasteiger partial charge >= 0.3 is 0 Å². The molecule has 0 aliphatic heterocycles. The van der Waals surface area contributed by atoms with Gasteiger partial charge in [-0.2, -0.15) is 5.10 Å². The third-order valence-corrected chi connectivity index (χ3v) is 3.47. The number of aromatic nitrogens is 2. The van der Waals surface area contributed by atoms with Gasteiger partial charge in [-0.3, -0.25) is 5.10 Å². The van der Waals surface area contributed by atoms with E-state index in [2.05, 4.69) is 29.4 Å². The molecule has 3 heteroatoms. The Hall–Kier alpha value is -0.990. The minimum atomic E-state index is 0.638. The van der Waals surface area contributed by atoms with Crippen LogP contribution < -0.4 is 5.32 Å². The van der Waals surface area contributed by atoms with E-state index in [0.717, 1.165) is 17.5 Å². The molecule has 1 heterocycles. The third kappa shape index (κ3) is 2.08. The fraction of sp³-hybridized carbons (Fsp3) is 0.727. The van der Waals surface area contributed by atoms with Gasteiger partial charge in [-0.1, -0.05) is 13.8 Å². The maximum atomic E-state index is 3.93. The fourth-order valence-electron chi connectivity index (χ4n) is 2.24. The van der Waals surface area contributed by atoms with Crippen molar-refractivity contribution in [3.63, 3.8) is 0 Å². The first-order valence-electron chi connectivity index (χ1n) is 5.51. The Bertz CT molecular complexity index is 268. The SMILES string of the molecule is CC1CCC(Nc2cn[nH]c2)CC1C. The van der Waals surface area contributed by atoms with Crippen molar-refractivity contribution < 1.29 is 0 Å². The minimum Gasteiger partial charge on any atom is -0.380 e. The van der Waals surface area contributed by atoms with Crippen LogP contribution in [0.15, 0.2) is 12.4 Å². The maximum absolute atomic E-state index is 3.93. The van der Waals surface area contributed by atoms with Crippen LogP contribution in [0, 0.1) is 11.8 Å². The van der Waals surface area contributed by atoms with Crippen LogP contribution in [0.5, 0.6) is 0 Å². The monoisotopic (exact) mass is 193 g/mol. The lowest BCUT2D eigenvalue weighted by molar-refractivity contribution is 0.261. The number of rotatable bonds is 2. The summed E-state index contributed by atoms with van der Waals surface area (Å²) in [5, 5.41) is 10.3. The molecule has 0 saturated heterocycles. The lowest BCUT2D eigenvalue weighted by Crippen LogP contribution is -2.30. The van der Waals surface area contributed by atoms with Crippen molar-refractivity contribution in [2.75, 3.05) is 5.32 Å². The number of nitrogens with one attached hydrogen (secondary N) is 2. The molecule has 3 nitrogen and oxygen atoms in total. The Kier molecular flexibility index (Phi) is 2.75. The van der Waals surface area contributed by atoms with Gasteiger partial charge in [0.05, 0.1) is 11.9 Å². The normalized spacial score (nSPS) is 32.9. The van der Waals surface area contributed by atoms with E-state index in [1.807, 2.05) is 12.4 Å². The molecular formula is C11H19N3. The predicted molar refractivity (Wildman–Crippen MR) is 58.2 cm³/mol. The Morgan fingerprint density at radius 2 is 2.21 bits per heavy atom. The molecule has 3 atom stereocenters. The lowest BCUT2D eigenvalue weighted by Gasteiger charge is -2.32. The van der Waals surface area contributed by atoms with Crippen LogP contribution in [0.4, 0.5) is 5.69 Å². The highest BCUT2D eigenvalue weighted by atomic mass is 15.1. The third-order valence-electron chi connectivity index (χ3n) is 3.47. The van der Waals surface area contributed by atoms with E-state index in [0.29, 0.717) is 6.04 Å². The summed E-state index contributed by atoms with van der Waals surface area (Å²) in [6, 6.07) is 0.638. The van der Waals surface area contributed by atoms with Crippen molar-refractivity contribution >= 4 is 5.69 Å². The van der Waals surface area contributed by atoms with Gasteiger partial charge in [0.25, 0.3) is 0 Å². The van der Waals surface area contributed by atoms with Crippen molar-refractivity contribution in [3.05, 3.63) is 12.4 Å². The number of aromatic amines is 1. The molecule has 2 rings (SSSR count). The number of anilines is 1. The zero-order valence-corrected chi connectivity index (χ0v) is 8.96. The van der Waals surface area contributed by atoms with Crippen LogP contribution in [-0.4, -0.2) is 16.2 Å². The van der Waals surface area contributed by atoms with E-state index >= 15 is 0 Å². The molecule has 0 spiro atoms. The van der Waals surface area contributed by atoms with Crippen molar-refractivity contribution in [1.29, 1.82) is 0 Å². The molecule has 1 aliphatic rings. The van der Waals surface area contributed by atoms with Crippen LogP contribution in [0.3, 0.4) is 0 Å². The summed E-state index contributed by atoms with van der Waals surface area (Å²) in [5.74, 6) is 1.73. The molecule has 2 N–H and O–H groups in total. The molecule has 0 radical (unpaired) electrons. The standard InChI is InChI=1S/C11H19N3/c1-8-3-4-10(5-9(8)2)14-11-6-12-13-7-11/h6-10,14H,3-5H2,1-2H3,(H,12,13). The second-order valence-electron chi connectivity index (χ2n) is 4.60. The summed E-state index contributed by atoms with van der Waals surface area (Å²) in [6.07, 6.45) is 7.69. The van der Waals surface area contributed by atoms with E-state index in [1.165, 1.54) is 19.3 Å². The van der Waals surface area contributed by atoms with Crippen molar-refractivity contribution in [3.8, 4) is 0 Å². The average molecular weight is 193 g/mol. The Morgan fingerprint density at radius 3 is 2.86 bits per heavy atom. The number of nitrogens with zero attached hydrogens (tertiary/aromatic N) is 1. The first-order valence-corrected chi connectivity index (χ1v) is 5.51. The minimum absolute atomic E-state index is 0.638. The average Bonchev–Trinajstić information content (AvgIpc) is 2.64. The van der Waals surface area contributed by atoms with Gasteiger partial charge < -0.3 is 5.32 Å². The van der Waals surface area contributed by atoms with Crippen molar-refractivity contribution in [2.45, 2.75) is 39.2 Å². The highest BCUT2D eigenvalue weighted by Gasteiger charge is 2.24. The highest BCUT2D eigenvalue weighted by Crippen LogP contribution is 2.30. The molecule has 14 heavy (non-hydrogen) atoms. The highest BCUT2D eigenvalue weighted by molar-refractivity contribution is 5.38. The predicted octanol–water partition coefficient (Wildman–Crippen LogP) is 2.65. The number of hydrogen-bond acceptors (Lipinski definition) is 2. The van der Waals surface area contributed by atoms with E-state index in [-0.39, 0.29) is 0 Å². The van der Waals surface area contributed by atoms with Crippen molar-refractivity contribution in [2.24, 2.45) is 11.8 Å². The Balaban J connectivity index is 1.88.